The summed E-state index contributed by atoms with van der Waals surface area (Å²) in [4.78, 5) is 5.25. The smallest absolute Gasteiger partial charge is 0.126 e. The summed E-state index contributed by atoms with van der Waals surface area (Å²) in [5, 5.41) is 3.49. The van der Waals surface area contributed by atoms with Gasteiger partial charge in [-0.2, -0.15) is 0 Å². The lowest BCUT2D eigenvalue weighted by Crippen LogP contribution is -2.20. The first-order chi connectivity index (χ1) is 9.83. The molecule has 5 heteroatoms. The first-order valence-electron chi connectivity index (χ1n) is 6.24. The van der Waals surface area contributed by atoms with Crippen molar-refractivity contribution in [2.24, 2.45) is 0 Å². The molecular weight excluding hydrogens is 292 g/mol. The van der Waals surface area contributed by atoms with Crippen LogP contribution in [-0.4, -0.2) is 4.98 Å². The maximum absolute atomic E-state index is 6.03. The molecule has 20 heavy (non-hydrogen) atoms. The van der Waals surface area contributed by atoms with Gasteiger partial charge in [-0.05, 0) is 35.9 Å². The Hall–Kier alpha value is -1.62. The molecule has 3 rings (SSSR count). The molecule has 0 spiro atoms. The van der Waals surface area contributed by atoms with Crippen LogP contribution in [0.1, 0.15) is 22.2 Å². The Morgan fingerprint density at radius 3 is 2.85 bits per heavy atom. The zero-order valence-corrected chi connectivity index (χ0v) is 12.2. The van der Waals surface area contributed by atoms with Gasteiger partial charge in [-0.1, -0.05) is 17.7 Å². The highest BCUT2D eigenvalue weighted by molar-refractivity contribution is 7.16. The predicted molar refractivity (Wildman–Crippen MR) is 81.0 cm³/mol. The van der Waals surface area contributed by atoms with E-state index >= 15 is 0 Å². The molecule has 0 aromatic carbocycles. The fourth-order valence-electron chi connectivity index (χ4n) is 2.00. The fraction of sp³-hybridized carbons (Fsp3) is 0.133. The Balaban J connectivity index is 1.80. The third kappa shape index (κ3) is 3.10. The van der Waals surface area contributed by atoms with Crippen LogP contribution in [0.2, 0.25) is 4.34 Å². The van der Waals surface area contributed by atoms with E-state index in [1.165, 1.54) is 0 Å². The lowest BCUT2D eigenvalue weighted by molar-refractivity contribution is 0.449. The first kappa shape index (κ1) is 13.4. The average Bonchev–Trinajstić information content (AvgIpc) is 3.13. The van der Waals surface area contributed by atoms with E-state index in [0.29, 0.717) is 6.54 Å². The van der Waals surface area contributed by atoms with Crippen LogP contribution in [0.4, 0.5) is 0 Å². The molecule has 0 saturated heterocycles. The molecule has 3 heterocycles. The minimum atomic E-state index is 0.00251. The maximum atomic E-state index is 6.03. The molecule has 3 aromatic heterocycles. The van der Waals surface area contributed by atoms with Crippen LogP contribution in [0.3, 0.4) is 0 Å². The second kappa shape index (κ2) is 6.22. The molecule has 0 aliphatic heterocycles. The average molecular weight is 305 g/mol. The molecule has 1 unspecified atom stereocenters. The summed E-state index contributed by atoms with van der Waals surface area (Å²) < 4.78 is 6.31. The van der Waals surface area contributed by atoms with E-state index < -0.39 is 0 Å². The molecular formula is C15H13ClN2OS. The van der Waals surface area contributed by atoms with E-state index in [-0.39, 0.29) is 6.04 Å². The highest BCUT2D eigenvalue weighted by Crippen LogP contribution is 2.31. The Kier molecular flexibility index (Phi) is 4.16. The van der Waals surface area contributed by atoms with Gasteiger partial charge in [-0.15, -0.1) is 11.3 Å². The van der Waals surface area contributed by atoms with Crippen LogP contribution in [-0.2, 0) is 6.54 Å². The summed E-state index contributed by atoms with van der Waals surface area (Å²) in [6.45, 7) is 0.717. The van der Waals surface area contributed by atoms with Crippen LogP contribution >= 0.6 is 22.9 Å². The topological polar surface area (TPSA) is 38.1 Å². The van der Waals surface area contributed by atoms with E-state index in [2.05, 4.69) is 10.3 Å². The summed E-state index contributed by atoms with van der Waals surface area (Å²) >= 11 is 7.59. The fourth-order valence-corrected chi connectivity index (χ4v) is 3.15. The van der Waals surface area contributed by atoms with Crippen molar-refractivity contribution in [3.63, 3.8) is 0 Å². The predicted octanol–water partition coefficient (Wildman–Crippen LogP) is 4.27. The number of nitrogens with one attached hydrogen (secondary N) is 1. The van der Waals surface area contributed by atoms with Crippen molar-refractivity contribution in [2.75, 3.05) is 0 Å². The molecule has 0 amide bonds. The maximum Gasteiger partial charge on any atom is 0.126 e. The zero-order valence-electron chi connectivity index (χ0n) is 10.6. The van der Waals surface area contributed by atoms with Gasteiger partial charge in [0.05, 0.1) is 10.6 Å². The third-order valence-electron chi connectivity index (χ3n) is 2.94. The number of pyridine rings is 1. The van der Waals surface area contributed by atoms with Gasteiger partial charge in [-0.25, -0.2) is 0 Å². The monoisotopic (exact) mass is 304 g/mol. The molecule has 3 aromatic rings. The SMILES string of the molecule is Clc1ccc(C(NCc2cccnc2)c2ccco2)s1. The molecule has 1 atom stereocenters. The van der Waals surface area contributed by atoms with Gasteiger partial charge in [-0.3, -0.25) is 10.3 Å². The number of hydrogen-bond acceptors (Lipinski definition) is 4. The molecule has 1 N–H and O–H groups in total. The number of nitrogens with zero attached hydrogens (tertiary/aromatic N) is 1. The van der Waals surface area contributed by atoms with Crippen LogP contribution in [0.15, 0.2) is 59.5 Å². The summed E-state index contributed by atoms with van der Waals surface area (Å²) in [6.07, 6.45) is 5.31. The van der Waals surface area contributed by atoms with E-state index in [1.807, 2.05) is 42.6 Å². The quantitative estimate of drug-likeness (QED) is 0.765. The van der Waals surface area contributed by atoms with Crippen molar-refractivity contribution in [3.8, 4) is 0 Å². The van der Waals surface area contributed by atoms with Crippen molar-refractivity contribution in [3.05, 3.63) is 75.6 Å². The Morgan fingerprint density at radius 1 is 1.25 bits per heavy atom. The first-order valence-corrected chi connectivity index (χ1v) is 7.43. The van der Waals surface area contributed by atoms with Gasteiger partial charge in [0.25, 0.3) is 0 Å². The number of furan rings is 1. The number of rotatable bonds is 5. The number of thiophene rings is 1. The second-order valence-electron chi connectivity index (χ2n) is 4.33. The zero-order chi connectivity index (χ0) is 13.8. The second-order valence-corrected chi connectivity index (χ2v) is 6.08. The van der Waals surface area contributed by atoms with Gasteiger partial charge >= 0.3 is 0 Å². The standard InChI is InChI=1S/C15H13ClN2OS/c16-14-6-5-13(20-14)15(12-4-2-8-19-12)18-10-11-3-1-7-17-9-11/h1-9,15,18H,10H2. The minimum absolute atomic E-state index is 0.00251. The van der Waals surface area contributed by atoms with Crippen molar-refractivity contribution < 1.29 is 4.42 Å². The molecule has 0 aliphatic carbocycles. The van der Waals surface area contributed by atoms with Gasteiger partial charge < -0.3 is 4.42 Å². The normalized spacial score (nSPS) is 12.4. The summed E-state index contributed by atoms with van der Waals surface area (Å²) in [5.41, 5.74) is 1.13. The van der Waals surface area contributed by atoms with Gasteiger partial charge in [0.2, 0.25) is 0 Å². The van der Waals surface area contributed by atoms with Gasteiger partial charge in [0.1, 0.15) is 11.8 Å². The van der Waals surface area contributed by atoms with E-state index in [1.54, 1.807) is 23.8 Å². The number of hydrogen-bond donors (Lipinski definition) is 1. The van der Waals surface area contributed by atoms with Gasteiger partial charge in [0.15, 0.2) is 0 Å². The lowest BCUT2D eigenvalue weighted by Gasteiger charge is -2.15. The summed E-state index contributed by atoms with van der Waals surface area (Å²) in [5.74, 6) is 0.882. The van der Waals surface area contributed by atoms with Gasteiger partial charge in [0, 0.05) is 23.8 Å². The molecule has 3 nitrogen and oxygen atoms in total. The molecule has 0 saturated carbocycles. The Bertz CT molecular complexity index is 652. The lowest BCUT2D eigenvalue weighted by atomic mass is 10.1. The molecule has 0 radical (unpaired) electrons. The van der Waals surface area contributed by atoms with Crippen molar-refractivity contribution in [2.45, 2.75) is 12.6 Å². The van der Waals surface area contributed by atoms with Crippen LogP contribution in [0.25, 0.3) is 0 Å². The van der Waals surface area contributed by atoms with Crippen LogP contribution in [0.5, 0.6) is 0 Å². The number of aromatic nitrogens is 1. The van der Waals surface area contributed by atoms with E-state index in [0.717, 1.165) is 20.5 Å². The van der Waals surface area contributed by atoms with Crippen molar-refractivity contribution in [1.82, 2.24) is 10.3 Å². The molecule has 0 bridgehead atoms. The Labute approximate surface area is 126 Å². The summed E-state index contributed by atoms with van der Waals surface area (Å²) in [6, 6.07) is 11.8. The summed E-state index contributed by atoms with van der Waals surface area (Å²) in [7, 11) is 0. The highest BCUT2D eigenvalue weighted by atomic mass is 35.5. The highest BCUT2D eigenvalue weighted by Gasteiger charge is 2.18. The molecule has 0 aliphatic rings. The molecule has 0 fully saturated rings. The third-order valence-corrected chi connectivity index (χ3v) is 4.24. The number of halogens is 1. The molecule has 102 valence electrons. The van der Waals surface area contributed by atoms with Crippen LogP contribution in [0, 0.1) is 0 Å². The largest absolute Gasteiger partial charge is 0.467 e. The minimum Gasteiger partial charge on any atom is -0.467 e. The Morgan fingerprint density at radius 2 is 2.20 bits per heavy atom. The van der Waals surface area contributed by atoms with Crippen LogP contribution < -0.4 is 5.32 Å². The van der Waals surface area contributed by atoms with Crippen molar-refractivity contribution in [1.29, 1.82) is 0 Å². The van der Waals surface area contributed by atoms with Crippen molar-refractivity contribution >= 4 is 22.9 Å². The van der Waals surface area contributed by atoms with E-state index in [9.17, 15) is 0 Å². The van der Waals surface area contributed by atoms with E-state index in [4.69, 9.17) is 16.0 Å².